The van der Waals surface area contributed by atoms with Crippen molar-refractivity contribution in [3.05, 3.63) is 40.3 Å². The molecule has 1 N–H and O–H groups in total. The Morgan fingerprint density at radius 3 is 2.54 bits per heavy atom. The lowest BCUT2D eigenvalue weighted by molar-refractivity contribution is -0.143. The Labute approximate surface area is 228 Å². The summed E-state index contributed by atoms with van der Waals surface area (Å²) in [6.45, 7) is 5.39. The number of nitrogens with one attached hydrogen (secondary N) is 1. The number of nitrogens with zero attached hydrogens (tertiary/aromatic N) is 6. The first-order chi connectivity index (χ1) is 19.0. The molecule has 3 saturated heterocycles. The van der Waals surface area contributed by atoms with Crippen molar-refractivity contribution in [3.63, 3.8) is 0 Å². The third-order valence-corrected chi connectivity index (χ3v) is 8.57. The lowest BCUT2D eigenvalue weighted by Crippen LogP contribution is -2.62. The highest BCUT2D eigenvalue weighted by molar-refractivity contribution is 6.01. The number of hydrogen-bond acceptors (Lipinski definition) is 8. The van der Waals surface area contributed by atoms with Gasteiger partial charge in [0, 0.05) is 62.5 Å². The van der Waals surface area contributed by atoms with Crippen LogP contribution in [0.3, 0.4) is 0 Å². The van der Waals surface area contributed by atoms with Gasteiger partial charge in [0.15, 0.2) is 5.78 Å². The van der Waals surface area contributed by atoms with Gasteiger partial charge in [0.25, 0.3) is 5.91 Å². The Hall–Kier alpha value is -3.18. The van der Waals surface area contributed by atoms with Crippen molar-refractivity contribution in [2.24, 2.45) is 5.11 Å². The normalized spacial score (nSPS) is 26.7. The quantitative estimate of drug-likeness (QED) is 0.301. The molecule has 2 amide bonds. The second-order valence-electron chi connectivity index (χ2n) is 10.9. The maximum atomic E-state index is 14.0. The Bertz CT molecular complexity index is 1110. The first-order valence-corrected chi connectivity index (χ1v) is 13.8. The summed E-state index contributed by atoms with van der Waals surface area (Å²) in [4.78, 5) is 49.2. The van der Waals surface area contributed by atoms with Crippen LogP contribution in [-0.4, -0.2) is 111 Å². The van der Waals surface area contributed by atoms with Crippen molar-refractivity contribution in [2.45, 2.75) is 55.8 Å². The number of azide groups is 1. The molecule has 0 unspecified atom stereocenters. The molecule has 1 aliphatic carbocycles. The van der Waals surface area contributed by atoms with E-state index in [9.17, 15) is 14.4 Å². The fraction of sp³-hybridized carbons (Fsp3) is 0.667. The van der Waals surface area contributed by atoms with Gasteiger partial charge >= 0.3 is 0 Å². The molecule has 0 radical (unpaired) electrons. The molecule has 1 saturated carbocycles. The first-order valence-electron chi connectivity index (χ1n) is 13.8. The summed E-state index contributed by atoms with van der Waals surface area (Å²) >= 11 is 0. The summed E-state index contributed by atoms with van der Waals surface area (Å²) < 4.78 is 10.8. The average molecular weight is 540 g/mol. The maximum Gasteiger partial charge on any atom is 0.252 e. The van der Waals surface area contributed by atoms with Crippen molar-refractivity contribution in [2.75, 3.05) is 64.5 Å². The van der Waals surface area contributed by atoms with Crippen LogP contribution in [0.4, 0.5) is 5.69 Å². The van der Waals surface area contributed by atoms with E-state index in [0.717, 1.165) is 64.3 Å². The minimum atomic E-state index is -1.11. The van der Waals surface area contributed by atoms with Crippen molar-refractivity contribution in [3.8, 4) is 0 Å². The predicted molar refractivity (Wildman–Crippen MR) is 143 cm³/mol. The number of benzene rings is 1. The maximum absolute atomic E-state index is 14.0. The van der Waals surface area contributed by atoms with Gasteiger partial charge in [0.1, 0.15) is 18.2 Å². The molecule has 4 aliphatic rings. The lowest BCUT2D eigenvalue weighted by atomic mass is 9.80. The fourth-order valence-electron chi connectivity index (χ4n) is 6.39. The summed E-state index contributed by atoms with van der Waals surface area (Å²) in [5.74, 6) is -0.795. The zero-order valence-electron chi connectivity index (χ0n) is 22.5. The predicted octanol–water partition coefficient (Wildman–Crippen LogP) is 1.75. The number of piperazine rings is 1. The van der Waals surface area contributed by atoms with Crippen LogP contribution in [0.5, 0.6) is 0 Å². The van der Waals surface area contributed by atoms with Crippen LogP contribution >= 0.6 is 0 Å². The van der Waals surface area contributed by atoms with E-state index in [1.54, 1.807) is 19.2 Å². The van der Waals surface area contributed by atoms with Gasteiger partial charge in [0.2, 0.25) is 5.91 Å². The topological polar surface area (TPSA) is 140 Å². The van der Waals surface area contributed by atoms with Crippen molar-refractivity contribution in [1.82, 2.24) is 15.1 Å². The molecule has 12 nitrogen and oxygen atoms in total. The molecule has 39 heavy (non-hydrogen) atoms. The van der Waals surface area contributed by atoms with E-state index in [0.29, 0.717) is 18.4 Å². The van der Waals surface area contributed by atoms with Crippen LogP contribution in [0.25, 0.3) is 10.4 Å². The molecule has 0 bridgehead atoms. The van der Waals surface area contributed by atoms with Crippen molar-refractivity contribution in [1.29, 1.82) is 0 Å². The minimum absolute atomic E-state index is 0.106. The smallest absolute Gasteiger partial charge is 0.252 e. The monoisotopic (exact) mass is 539 g/mol. The number of fused-ring (bicyclic) bond motifs is 1. The molecule has 0 aromatic heterocycles. The summed E-state index contributed by atoms with van der Waals surface area (Å²) in [5.41, 5.74) is 9.42. The zero-order chi connectivity index (χ0) is 27.4. The Balaban J connectivity index is 1.28. The van der Waals surface area contributed by atoms with Gasteiger partial charge in [-0.15, -0.1) is 0 Å². The third-order valence-electron chi connectivity index (χ3n) is 8.57. The molecule has 1 aromatic rings. The molecular formula is C27H37N7O5. The summed E-state index contributed by atoms with van der Waals surface area (Å²) in [6.07, 6.45) is 2.94. The van der Waals surface area contributed by atoms with Crippen LogP contribution in [0.2, 0.25) is 0 Å². The SMILES string of the molecule is COCCN1CCN(c2ccc(C(=O)NC3(C(=O)N4C[C@@H](N=[N+]=[N-])[C@H]5OCC(=O)[C@H]54)CCCCC3)cc2)CC1. The van der Waals surface area contributed by atoms with Gasteiger partial charge in [-0.2, -0.15) is 0 Å². The van der Waals surface area contributed by atoms with E-state index < -0.39 is 23.7 Å². The van der Waals surface area contributed by atoms with E-state index in [4.69, 9.17) is 15.0 Å². The number of ether oxygens (including phenoxy) is 2. The second-order valence-corrected chi connectivity index (χ2v) is 10.9. The average Bonchev–Trinajstić information content (AvgIpc) is 3.53. The van der Waals surface area contributed by atoms with Gasteiger partial charge in [-0.25, -0.2) is 0 Å². The molecule has 5 rings (SSSR count). The zero-order valence-corrected chi connectivity index (χ0v) is 22.5. The number of carbonyl (C=O) groups excluding carboxylic acids is 3. The lowest BCUT2D eigenvalue weighted by Gasteiger charge is -2.40. The van der Waals surface area contributed by atoms with Crippen LogP contribution in [0.15, 0.2) is 29.4 Å². The number of anilines is 1. The molecule has 1 aromatic carbocycles. The van der Waals surface area contributed by atoms with Crippen LogP contribution in [-0.2, 0) is 19.1 Å². The third kappa shape index (κ3) is 5.60. The molecule has 4 fully saturated rings. The van der Waals surface area contributed by atoms with Gasteiger partial charge in [0.05, 0.1) is 18.8 Å². The van der Waals surface area contributed by atoms with Crippen LogP contribution < -0.4 is 10.2 Å². The molecule has 3 atom stereocenters. The van der Waals surface area contributed by atoms with Crippen molar-refractivity contribution >= 4 is 23.3 Å². The van der Waals surface area contributed by atoms with E-state index in [1.807, 2.05) is 12.1 Å². The van der Waals surface area contributed by atoms with E-state index in [1.165, 1.54) is 4.90 Å². The van der Waals surface area contributed by atoms with Gasteiger partial charge in [-0.05, 0) is 42.6 Å². The Morgan fingerprint density at radius 2 is 1.87 bits per heavy atom. The van der Waals surface area contributed by atoms with Crippen LogP contribution in [0.1, 0.15) is 42.5 Å². The number of carbonyl (C=O) groups is 3. The van der Waals surface area contributed by atoms with E-state index >= 15 is 0 Å². The molecule has 0 spiro atoms. The standard InChI is InChI=1S/C27H37N7O5/c1-38-16-15-32-11-13-33(14-12-32)20-7-5-19(6-8-20)25(36)29-27(9-3-2-4-10-27)26(37)34-17-21(30-31-28)24-23(34)22(35)18-39-24/h5-8,21,23-24H,2-4,9-18H2,1H3,(H,29,36)/t21-,23-,24-/m1/s1. The fourth-order valence-corrected chi connectivity index (χ4v) is 6.39. The number of amides is 2. The Kier molecular flexibility index (Phi) is 8.37. The minimum Gasteiger partial charge on any atom is -0.383 e. The number of Topliss-reactive ketones (excluding diaryl/α,β-unsaturated/α-hetero) is 1. The molecule has 3 aliphatic heterocycles. The number of hydrogen-bond donors (Lipinski definition) is 1. The molecule has 210 valence electrons. The first kappa shape index (κ1) is 27.4. The number of ketones is 1. The second kappa shape index (κ2) is 11.9. The number of methoxy groups -OCH3 is 1. The van der Waals surface area contributed by atoms with Gasteiger partial charge in [-0.1, -0.05) is 24.4 Å². The Morgan fingerprint density at radius 1 is 1.15 bits per heavy atom. The summed E-state index contributed by atoms with van der Waals surface area (Å²) in [6, 6.07) is 6.12. The van der Waals surface area contributed by atoms with Gasteiger partial charge < -0.3 is 24.6 Å². The van der Waals surface area contributed by atoms with E-state index in [2.05, 4.69) is 25.1 Å². The van der Waals surface area contributed by atoms with Crippen molar-refractivity contribution < 1.29 is 23.9 Å². The molecular weight excluding hydrogens is 502 g/mol. The summed E-state index contributed by atoms with van der Waals surface area (Å²) in [7, 11) is 1.72. The molecule has 3 heterocycles. The highest BCUT2D eigenvalue weighted by Crippen LogP contribution is 2.36. The highest BCUT2D eigenvalue weighted by atomic mass is 16.5. The highest BCUT2D eigenvalue weighted by Gasteiger charge is 2.56. The van der Waals surface area contributed by atoms with E-state index in [-0.39, 0.29) is 30.7 Å². The van der Waals surface area contributed by atoms with Gasteiger partial charge in [-0.3, -0.25) is 19.3 Å². The summed E-state index contributed by atoms with van der Waals surface area (Å²) in [5, 5.41) is 6.86. The number of rotatable bonds is 8. The van der Waals surface area contributed by atoms with Crippen LogP contribution in [0, 0.1) is 0 Å². The number of likely N-dealkylation sites (tertiary alicyclic amines) is 1. The largest absolute Gasteiger partial charge is 0.383 e. The molecule has 12 heteroatoms.